The van der Waals surface area contributed by atoms with Gasteiger partial charge in [-0.1, -0.05) is 58.0 Å². The molecule has 2 aromatic carbocycles. The molecule has 1 aliphatic carbocycles. The first-order valence-electron chi connectivity index (χ1n) is 12.0. The third-order valence-corrected chi connectivity index (χ3v) is 6.06. The monoisotopic (exact) mass is 449 g/mol. The number of nitrogens with zero attached hydrogens (tertiary/aromatic N) is 2. The van der Waals surface area contributed by atoms with Gasteiger partial charge in [-0.3, -0.25) is 9.59 Å². The molecular formula is C28H39N3O2. The molecule has 0 spiro atoms. The molecule has 5 heteroatoms. The lowest BCUT2D eigenvalue weighted by Crippen LogP contribution is -2.36. The number of amides is 2. The maximum atomic E-state index is 13.7. The SMILES string of the molecule is CC[C@@H](C(=O)N(Cc1cc(NC(=O)CC(C)(C)C)ccc1N(C)C)C1CC1)c1ccccc1. The minimum atomic E-state index is -0.135. The lowest BCUT2D eigenvalue weighted by molar-refractivity contribution is -0.134. The van der Waals surface area contributed by atoms with Gasteiger partial charge in [0, 0.05) is 44.5 Å². The van der Waals surface area contributed by atoms with Gasteiger partial charge in [-0.05, 0) is 54.0 Å². The van der Waals surface area contributed by atoms with Crippen molar-refractivity contribution in [1.29, 1.82) is 0 Å². The Bertz CT molecular complexity index is 959. The predicted octanol–water partition coefficient (Wildman–Crippen LogP) is 5.81. The van der Waals surface area contributed by atoms with E-state index in [1.54, 1.807) is 0 Å². The van der Waals surface area contributed by atoms with Crippen LogP contribution in [0.3, 0.4) is 0 Å². The maximum absolute atomic E-state index is 13.7. The largest absolute Gasteiger partial charge is 0.377 e. The van der Waals surface area contributed by atoms with Crippen molar-refractivity contribution in [3.63, 3.8) is 0 Å². The summed E-state index contributed by atoms with van der Waals surface area (Å²) in [4.78, 5) is 30.3. The molecular weight excluding hydrogens is 410 g/mol. The molecule has 0 radical (unpaired) electrons. The van der Waals surface area contributed by atoms with E-state index >= 15 is 0 Å². The second-order valence-electron chi connectivity index (χ2n) is 10.6. The van der Waals surface area contributed by atoms with Gasteiger partial charge in [0.1, 0.15) is 0 Å². The summed E-state index contributed by atoms with van der Waals surface area (Å²) in [7, 11) is 4.03. The molecule has 33 heavy (non-hydrogen) atoms. The fourth-order valence-electron chi connectivity index (χ4n) is 4.31. The average Bonchev–Trinajstić information content (AvgIpc) is 3.57. The predicted molar refractivity (Wildman–Crippen MR) is 137 cm³/mol. The number of rotatable bonds is 9. The average molecular weight is 450 g/mol. The lowest BCUT2D eigenvalue weighted by atomic mass is 9.92. The Labute approximate surface area is 199 Å². The van der Waals surface area contributed by atoms with E-state index in [9.17, 15) is 9.59 Å². The summed E-state index contributed by atoms with van der Waals surface area (Å²) < 4.78 is 0. The summed E-state index contributed by atoms with van der Waals surface area (Å²) in [5.41, 5.74) is 3.90. The first kappa shape index (κ1) is 24.8. The van der Waals surface area contributed by atoms with Gasteiger partial charge in [0.25, 0.3) is 0 Å². The number of anilines is 2. The zero-order valence-corrected chi connectivity index (χ0v) is 21.0. The Morgan fingerprint density at radius 2 is 1.73 bits per heavy atom. The highest BCUT2D eigenvalue weighted by atomic mass is 16.2. The van der Waals surface area contributed by atoms with E-state index in [2.05, 4.69) is 42.8 Å². The number of benzene rings is 2. The van der Waals surface area contributed by atoms with E-state index in [-0.39, 0.29) is 23.1 Å². The highest BCUT2D eigenvalue weighted by molar-refractivity contribution is 5.91. The van der Waals surface area contributed by atoms with E-state index < -0.39 is 0 Å². The van der Waals surface area contributed by atoms with Crippen LogP contribution < -0.4 is 10.2 Å². The van der Waals surface area contributed by atoms with Crippen molar-refractivity contribution >= 4 is 23.2 Å². The molecule has 1 fully saturated rings. The third kappa shape index (κ3) is 6.83. The number of nitrogens with one attached hydrogen (secondary N) is 1. The molecule has 5 nitrogen and oxygen atoms in total. The molecule has 2 aromatic rings. The van der Waals surface area contributed by atoms with E-state index in [4.69, 9.17) is 0 Å². The standard InChI is InChI=1S/C28H39N3O2/c1-7-24(20-11-9-8-10-12-20)27(33)31(23-14-15-23)19-21-17-22(13-16-25(21)30(5)6)29-26(32)18-28(2,3)4/h8-13,16-17,23-24H,7,14-15,18-19H2,1-6H3,(H,29,32)/t24-/m1/s1. The molecule has 0 aromatic heterocycles. The Kier molecular flexibility index (Phi) is 7.83. The van der Waals surface area contributed by atoms with Gasteiger partial charge in [-0.2, -0.15) is 0 Å². The third-order valence-electron chi connectivity index (χ3n) is 6.06. The van der Waals surface area contributed by atoms with Crippen LogP contribution in [0.4, 0.5) is 11.4 Å². The van der Waals surface area contributed by atoms with Crippen LogP contribution in [-0.4, -0.2) is 36.9 Å². The van der Waals surface area contributed by atoms with Crippen molar-refractivity contribution in [2.45, 2.75) is 71.9 Å². The molecule has 2 amide bonds. The number of carbonyl (C=O) groups is 2. The van der Waals surface area contributed by atoms with Crippen LogP contribution in [0, 0.1) is 5.41 Å². The zero-order chi connectivity index (χ0) is 24.2. The molecule has 0 bridgehead atoms. The lowest BCUT2D eigenvalue weighted by Gasteiger charge is -2.29. The second-order valence-corrected chi connectivity index (χ2v) is 10.6. The van der Waals surface area contributed by atoms with Crippen LogP contribution in [0.2, 0.25) is 0 Å². The second kappa shape index (κ2) is 10.4. The van der Waals surface area contributed by atoms with Crippen LogP contribution >= 0.6 is 0 Å². The number of hydrogen-bond donors (Lipinski definition) is 1. The molecule has 3 rings (SSSR count). The Hall–Kier alpha value is -2.82. The molecule has 0 unspecified atom stereocenters. The van der Waals surface area contributed by atoms with Gasteiger partial charge in [0.15, 0.2) is 0 Å². The van der Waals surface area contributed by atoms with E-state index in [0.717, 1.165) is 41.8 Å². The summed E-state index contributed by atoms with van der Waals surface area (Å²) in [5.74, 6) is 0.0682. The molecule has 0 heterocycles. The summed E-state index contributed by atoms with van der Waals surface area (Å²) in [6.07, 6.45) is 3.34. The van der Waals surface area contributed by atoms with Crippen LogP contribution in [0.5, 0.6) is 0 Å². The van der Waals surface area contributed by atoms with Crippen LogP contribution in [0.1, 0.15) is 70.4 Å². The minimum absolute atomic E-state index is 0.0105. The quantitative estimate of drug-likeness (QED) is 0.525. The topological polar surface area (TPSA) is 52.7 Å². The summed E-state index contributed by atoms with van der Waals surface area (Å²) >= 11 is 0. The number of hydrogen-bond acceptors (Lipinski definition) is 3. The first-order valence-corrected chi connectivity index (χ1v) is 12.0. The summed E-state index contributed by atoms with van der Waals surface area (Å²) in [6, 6.07) is 16.4. The highest BCUT2D eigenvalue weighted by Gasteiger charge is 2.36. The molecule has 0 aliphatic heterocycles. The van der Waals surface area contributed by atoms with Crippen molar-refractivity contribution in [3.8, 4) is 0 Å². The van der Waals surface area contributed by atoms with Crippen LogP contribution in [0.15, 0.2) is 48.5 Å². The molecule has 0 saturated heterocycles. The highest BCUT2D eigenvalue weighted by Crippen LogP contribution is 2.35. The normalized spacial score (nSPS) is 14.5. The Morgan fingerprint density at radius 1 is 1.06 bits per heavy atom. The van der Waals surface area contributed by atoms with Gasteiger partial charge in [-0.25, -0.2) is 0 Å². The van der Waals surface area contributed by atoms with E-state index in [1.807, 2.05) is 62.6 Å². The molecule has 1 aliphatic rings. The van der Waals surface area contributed by atoms with Gasteiger partial charge < -0.3 is 15.1 Å². The van der Waals surface area contributed by atoms with E-state index in [0.29, 0.717) is 19.0 Å². The minimum Gasteiger partial charge on any atom is -0.377 e. The fraction of sp³-hybridized carbons (Fsp3) is 0.500. The fourth-order valence-corrected chi connectivity index (χ4v) is 4.31. The van der Waals surface area contributed by atoms with Gasteiger partial charge in [0.2, 0.25) is 11.8 Å². The van der Waals surface area contributed by atoms with Gasteiger partial charge in [-0.15, -0.1) is 0 Å². The number of carbonyl (C=O) groups excluding carboxylic acids is 2. The Balaban J connectivity index is 1.86. The maximum Gasteiger partial charge on any atom is 0.230 e. The van der Waals surface area contributed by atoms with Crippen molar-refractivity contribution < 1.29 is 9.59 Å². The van der Waals surface area contributed by atoms with Gasteiger partial charge >= 0.3 is 0 Å². The van der Waals surface area contributed by atoms with Crippen molar-refractivity contribution in [2.24, 2.45) is 5.41 Å². The zero-order valence-electron chi connectivity index (χ0n) is 21.0. The van der Waals surface area contributed by atoms with Crippen molar-refractivity contribution in [1.82, 2.24) is 4.90 Å². The van der Waals surface area contributed by atoms with Crippen molar-refractivity contribution in [2.75, 3.05) is 24.3 Å². The molecule has 1 atom stereocenters. The van der Waals surface area contributed by atoms with Crippen LogP contribution in [0.25, 0.3) is 0 Å². The molecule has 178 valence electrons. The Morgan fingerprint density at radius 3 is 2.27 bits per heavy atom. The van der Waals surface area contributed by atoms with E-state index in [1.165, 1.54) is 0 Å². The summed E-state index contributed by atoms with van der Waals surface area (Å²) in [6.45, 7) is 8.80. The molecule has 1 N–H and O–H groups in total. The van der Waals surface area contributed by atoms with Crippen molar-refractivity contribution in [3.05, 3.63) is 59.7 Å². The smallest absolute Gasteiger partial charge is 0.230 e. The molecule has 1 saturated carbocycles. The summed E-state index contributed by atoms with van der Waals surface area (Å²) in [5, 5.41) is 3.05. The van der Waals surface area contributed by atoms with Gasteiger partial charge in [0.05, 0.1) is 5.92 Å². The first-order chi connectivity index (χ1) is 15.6. The van der Waals surface area contributed by atoms with Crippen LogP contribution in [-0.2, 0) is 16.1 Å².